The maximum absolute atomic E-state index is 12.8. The van der Waals surface area contributed by atoms with Crippen molar-refractivity contribution in [3.63, 3.8) is 0 Å². The zero-order valence-electron chi connectivity index (χ0n) is 42.0. The lowest BCUT2D eigenvalue weighted by molar-refractivity contribution is -0.870. The number of carbonyl (C=O) groups is 3. The SMILES string of the molecule is CCCCCCC/C=C\C/C=C\CCCCCCCCCCCCCCCC(=O)OC(COC(=O)CCCCCCCCCCCCCCC)COC(OCC[N+](C)(C)C)C(=O)[O-]. The quantitative estimate of drug-likeness (QED) is 0.0195. The average Bonchev–Trinajstić information content (AvgIpc) is 3.24. The Morgan fingerprint density at radius 1 is 0.476 bits per heavy atom. The number of aliphatic carboxylic acids is 1. The van der Waals surface area contributed by atoms with Crippen molar-refractivity contribution >= 4 is 17.9 Å². The molecule has 0 saturated heterocycles. The van der Waals surface area contributed by atoms with Gasteiger partial charge in [-0.3, -0.25) is 9.59 Å². The van der Waals surface area contributed by atoms with E-state index in [4.69, 9.17) is 18.9 Å². The fraction of sp³-hybridized carbons (Fsp3) is 0.870. The Hall–Kier alpha value is -2.23. The second-order valence-electron chi connectivity index (χ2n) is 19.2. The molecule has 0 aromatic carbocycles. The van der Waals surface area contributed by atoms with Crippen molar-refractivity contribution in [2.75, 3.05) is 47.5 Å². The molecule has 370 valence electrons. The number of hydrogen-bond donors (Lipinski definition) is 0. The number of quaternary nitrogens is 1. The molecular weight excluding hydrogens is 791 g/mol. The molecule has 0 heterocycles. The van der Waals surface area contributed by atoms with Gasteiger partial charge in [0, 0.05) is 12.8 Å². The normalized spacial score (nSPS) is 13.0. The molecule has 0 N–H and O–H groups in total. The van der Waals surface area contributed by atoms with Crippen LogP contribution in [0.25, 0.3) is 0 Å². The van der Waals surface area contributed by atoms with E-state index in [0.717, 1.165) is 38.5 Å². The number of nitrogens with zero attached hydrogens (tertiary/aromatic N) is 1. The molecule has 0 aliphatic carbocycles. The number of likely N-dealkylation sites (N-methyl/N-ethyl adjacent to an activating group) is 1. The van der Waals surface area contributed by atoms with Gasteiger partial charge in [-0.25, -0.2) is 0 Å². The zero-order chi connectivity index (χ0) is 46.3. The Balaban J connectivity index is 4.23. The van der Waals surface area contributed by atoms with Crippen LogP contribution in [0.1, 0.15) is 245 Å². The Labute approximate surface area is 388 Å². The molecule has 0 aliphatic rings. The van der Waals surface area contributed by atoms with Crippen LogP contribution in [0.5, 0.6) is 0 Å². The molecule has 9 heteroatoms. The first-order chi connectivity index (χ1) is 30.6. The van der Waals surface area contributed by atoms with Gasteiger partial charge >= 0.3 is 11.9 Å². The fourth-order valence-electron chi connectivity index (χ4n) is 7.57. The predicted octanol–water partition coefficient (Wildman–Crippen LogP) is 13.5. The van der Waals surface area contributed by atoms with E-state index < -0.39 is 24.3 Å². The molecule has 0 fully saturated rings. The number of rotatable bonds is 49. The highest BCUT2D eigenvalue weighted by Crippen LogP contribution is 2.16. The van der Waals surface area contributed by atoms with Gasteiger partial charge in [0.25, 0.3) is 0 Å². The van der Waals surface area contributed by atoms with E-state index in [1.165, 1.54) is 173 Å². The first-order valence-corrected chi connectivity index (χ1v) is 26.5. The van der Waals surface area contributed by atoms with E-state index in [1.807, 2.05) is 21.1 Å². The van der Waals surface area contributed by atoms with Crippen LogP contribution in [-0.2, 0) is 33.3 Å². The standard InChI is InChI=1S/C54H101NO8/c1-6-8-10-12-14-16-18-20-21-22-23-24-25-26-27-28-29-30-31-33-35-37-39-41-43-45-52(57)63-50(49-62-54(53(58)59)60-47-46-55(3,4)5)48-61-51(56)44-42-40-38-36-34-32-19-17-15-13-11-9-7-2/h18,20,22-23,50,54H,6-17,19,21,24-49H2,1-5H3/b20-18-,23-22-. The lowest BCUT2D eigenvalue weighted by Gasteiger charge is -2.26. The third-order valence-electron chi connectivity index (χ3n) is 11.7. The van der Waals surface area contributed by atoms with Crippen molar-refractivity contribution in [1.82, 2.24) is 0 Å². The molecule has 0 aliphatic heterocycles. The van der Waals surface area contributed by atoms with Crippen LogP contribution in [0.4, 0.5) is 0 Å². The summed E-state index contributed by atoms with van der Waals surface area (Å²) in [6.45, 7) is 4.76. The summed E-state index contributed by atoms with van der Waals surface area (Å²) in [7, 11) is 5.92. The number of carboxylic acid groups (broad SMARTS) is 1. The van der Waals surface area contributed by atoms with Gasteiger partial charge in [0.05, 0.1) is 40.3 Å². The summed E-state index contributed by atoms with van der Waals surface area (Å²) < 4.78 is 22.6. The van der Waals surface area contributed by atoms with Gasteiger partial charge < -0.3 is 33.3 Å². The maximum atomic E-state index is 12.8. The summed E-state index contributed by atoms with van der Waals surface area (Å²) in [5, 5.41) is 11.7. The first kappa shape index (κ1) is 60.8. The predicted molar refractivity (Wildman–Crippen MR) is 260 cm³/mol. The molecular formula is C54H101NO8. The van der Waals surface area contributed by atoms with E-state index in [1.54, 1.807) is 0 Å². The number of unbranched alkanes of at least 4 members (excludes halogenated alkanes) is 30. The van der Waals surface area contributed by atoms with Crippen molar-refractivity contribution in [3.8, 4) is 0 Å². The summed E-state index contributed by atoms with van der Waals surface area (Å²) in [4.78, 5) is 37.1. The minimum Gasteiger partial charge on any atom is -0.545 e. The highest BCUT2D eigenvalue weighted by atomic mass is 16.7. The second kappa shape index (κ2) is 46.3. The molecule has 0 radical (unpaired) electrons. The summed E-state index contributed by atoms with van der Waals surface area (Å²) in [6.07, 6.45) is 49.3. The molecule has 0 saturated carbocycles. The number of ether oxygens (including phenoxy) is 4. The van der Waals surface area contributed by atoms with Gasteiger partial charge in [0.1, 0.15) is 13.2 Å². The lowest BCUT2D eigenvalue weighted by atomic mass is 10.0. The number of allylic oxidation sites excluding steroid dienone is 4. The summed E-state index contributed by atoms with van der Waals surface area (Å²) in [5.74, 6) is -2.27. The van der Waals surface area contributed by atoms with Crippen molar-refractivity contribution in [2.45, 2.75) is 257 Å². The first-order valence-electron chi connectivity index (χ1n) is 26.5. The second-order valence-corrected chi connectivity index (χ2v) is 19.2. The highest BCUT2D eigenvalue weighted by molar-refractivity contribution is 5.70. The van der Waals surface area contributed by atoms with Crippen LogP contribution in [0.15, 0.2) is 24.3 Å². The van der Waals surface area contributed by atoms with Crippen LogP contribution >= 0.6 is 0 Å². The molecule has 0 amide bonds. The van der Waals surface area contributed by atoms with Gasteiger partial charge in [-0.1, -0.05) is 212 Å². The monoisotopic (exact) mass is 892 g/mol. The number of carboxylic acids is 1. The maximum Gasteiger partial charge on any atom is 0.306 e. The van der Waals surface area contributed by atoms with Crippen molar-refractivity contribution < 1.29 is 42.9 Å². The highest BCUT2D eigenvalue weighted by Gasteiger charge is 2.22. The van der Waals surface area contributed by atoms with Crippen LogP contribution < -0.4 is 5.11 Å². The molecule has 0 bridgehead atoms. The Morgan fingerprint density at radius 3 is 1.25 bits per heavy atom. The number of esters is 2. The van der Waals surface area contributed by atoms with Gasteiger partial charge in [0.2, 0.25) is 0 Å². The van der Waals surface area contributed by atoms with Gasteiger partial charge in [0.15, 0.2) is 12.4 Å². The van der Waals surface area contributed by atoms with E-state index in [9.17, 15) is 19.5 Å². The number of carbonyl (C=O) groups excluding carboxylic acids is 3. The molecule has 0 rings (SSSR count). The van der Waals surface area contributed by atoms with Crippen molar-refractivity contribution in [1.29, 1.82) is 0 Å². The van der Waals surface area contributed by atoms with Crippen LogP contribution in [0, 0.1) is 0 Å². The molecule has 9 nitrogen and oxygen atoms in total. The Morgan fingerprint density at radius 2 is 0.857 bits per heavy atom. The van der Waals surface area contributed by atoms with Crippen LogP contribution in [0.3, 0.4) is 0 Å². The van der Waals surface area contributed by atoms with Crippen molar-refractivity contribution in [3.05, 3.63) is 24.3 Å². The molecule has 2 atom stereocenters. The van der Waals surface area contributed by atoms with E-state index in [0.29, 0.717) is 23.9 Å². The number of hydrogen-bond acceptors (Lipinski definition) is 8. The van der Waals surface area contributed by atoms with Gasteiger partial charge in [-0.2, -0.15) is 0 Å². The van der Waals surface area contributed by atoms with E-state index >= 15 is 0 Å². The fourth-order valence-corrected chi connectivity index (χ4v) is 7.57. The smallest absolute Gasteiger partial charge is 0.306 e. The third-order valence-corrected chi connectivity index (χ3v) is 11.7. The lowest BCUT2D eigenvalue weighted by Crippen LogP contribution is -2.44. The average molecular weight is 892 g/mol. The van der Waals surface area contributed by atoms with Crippen LogP contribution in [0.2, 0.25) is 0 Å². The van der Waals surface area contributed by atoms with Crippen molar-refractivity contribution in [2.24, 2.45) is 0 Å². The zero-order valence-corrected chi connectivity index (χ0v) is 42.0. The largest absolute Gasteiger partial charge is 0.545 e. The minimum atomic E-state index is -1.62. The summed E-state index contributed by atoms with van der Waals surface area (Å²) in [5.41, 5.74) is 0. The molecule has 2 unspecified atom stereocenters. The third kappa shape index (κ3) is 47.5. The molecule has 0 aromatic heterocycles. The van der Waals surface area contributed by atoms with Gasteiger partial charge in [-0.15, -0.1) is 0 Å². The molecule has 63 heavy (non-hydrogen) atoms. The molecule has 0 aromatic rings. The minimum absolute atomic E-state index is 0.150. The van der Waals surface area contributed by atoms with Crippen LogP contribution in [-0.4, -0.2) is 82.3 Å². The Kier molecular flexibility index (Phi) is 44.7. The summed E-state index contributed by atoms with van der Waals surface area (Å²) in [6, 6.07) is 0. The summed E-state index contributed by atoms with van der Waals surface area (Å²) >= 11 is 0. The van der Waals surface area contributed by atoms with Gasteiger partial charge in [-0.05, 0) is 44.9 Å². The topological polar surface area (TPSA) is 111 Å². The molecule has 0 spiro atoms. The van der Waals surface area contributed by atoms with E-state index in [2.05, 4.69) is 38.2 Å². The Bertz CT molecular complexity index is 1090. The van der Waals surface area contributed by atoms with E-state index in [-0.39, 0.29) is 32.2 Å².